The number of nitrogens with zero attached hydrogens (tertiary/aromatic N) is 3. The maximum Gasteiger partial charge on any atom is 0.129 e. The smallest absolute Gasteiger partial charge is 0.129 e. The highest BCUT2D eigenvalue weighted by atomic mass is 15.2. The largest absolute Gasteiger partial charge is 0.359 e. The van der Waals surface area contributed by atoms with Crippen LogP contribution in [0.4, 0.5) is 5.82 Å². The van der Waals surface area contributed by atoms with Gasteiger partial charge in [-0.1, -0.05) is 19.3 Å². The first-order valence-corrected chi connectivity index (χ1v) is 6.37. The Hall–Kier alpha value is -1.56. The summed E-state index contributed by atoms with van der Waals surface area (Å²) in [5, 5.41) is 8.87. The van der Waals surface area contributed by atoms with E-state index in [9.17, 15) is 0 Å². The van der Waals surface area contributed by atoms with E-state index in [-0.39, 0.29) is 0 Å². The molecule has 0 radical (unpaired) electrons. The molecule has 2 rings (SSSR count). The van der Waals surface area contributed by atoms with Gasteiger partial charge in [0.05, 0.1) is 11.6 Å². The Labute approximate surface area is 103 Å². The van der Waals surface area contributed by atoms with Gasteiger partial charge in [-0.05, 0) is 30.9 Å². The molecule has 0 saturated heterocycles. The van der Waals surface area contributed by atoms with E-state index in [1.807, 2.05) is 6.07 Å². The molecule has 1 aromatic heterocycles. The van der Waals surface area contributed by atoms with Crippen molar-refractivity contribution in [3.05, 3.63) is 23.9 Å². The first-order valence-electron chi connectivity index (χ1n) is 6.37. The third kappa shape index (κ3) is 3.20. The fourth-order valence-electron chi connectivity index (χ4n) is 2.55. The number of aromatic nitrogens is 1. The average molecular weight is 229 g/mol. The molecule has 1 aromatic rings. The van der Waals surface area contributed by atoms with E-state index in [0.29, 0.717) is 5.56 Å². The molecule has 0 atom stereocenters. The van der Waals surface area contributed by atoms with Crippen LogP contribution in [0.1, 0.15) is 37.7 Å². The van der Waals surface area contributed by atoms with Crippen LogP contribution in [0.3, 0.4) is 0 Å². The summed E-state index contributed by atoms with van der Waals surface area (Å²) >= 11 is 0. The van der Waals surface area contributed by atoms with E-state index < -0.39 is 0 Å². The molecule has 1 aliphatic carbocycles. The second-order valence-corrected chi connectivity index (χ2v) is 4.90. The average Bonchev–Trinajstić information content (AvgIpc) is 2.40. The van der Waals surface area contributed by atoms with Gasteiger partial charge in [0.1, 0.15) is 5.82 Å². The molecular formula is C14H19N3. The van der Waals surface area contributed by atoms with Gasteiger partial charge in [0.15, 0.2) is 0 Å². The number of hydrogen-bond donors (Lipinski definition) is 0. The van der Waals surface area contributed by atoms with Crippen LogP contribution in [0, 0.1) is 17.2 Å². The van der Waals surface area contributed by atoms with Gasteiger partial charge in [-0.25, -0.2) is 4.98 Å². The SMILES string of the molecule is CN(CC1CCCCC1)c1cc(C#N)ccn1. The highest BCUT2D eigenvalue weighted by molar-refractivity contribution is 5.44. The summed E-state index contributed by atoms with van der Waals surface area (Å²) < 4.78 is 0. The monoisotopic (exact) mass is 229 g/mol. The van der Waals surface area contributed by atoms with E-state index in [2.05, 4.69) is 23.0 Å². The lowest BCUT2D eigenvalue weighted by Gasteiger charge is -2.27. The van der Waals surface area contributed by atoms with Gasteiger partial charge in [0.2, 0.25) is 0 Å². The van der Waals surface area contributed by atoms with Crippen LogP contribution in [-0.4, -0.2) is 18.6 Å². The predicted octanol–water partition coefficient (Wildman–Crippen LogP) is 2.97. The summed E-state index contributed by atoms with van der Waals surface area (Å²) in [6, 6.07) is 5.77. The number of anilines is 1. The Morgan fingerprint density at radius 2 is 2.18 bits per heavy atom. The van der Waals surface area contributed by atoms with E-state index in [0.717, 1.165) is 18.3 Å². The molecule has 0 spiro atoms. The third-order valence-electron chi connectivity index (χ3n) is 3.52. The van der Waals surface area contributed by atoms with Crippen molar-refractivity contribution in [2.75, 3.05) is 18.5 Å². The van der Waals surface area contributed by atoms with Crippen molar-refractivity contribution in [1.82, 2.24) is 4.98 Å². The number of nitriles is 1. The van der Waals surface area contributed by atoms with Crippen molar-refractivity contribution in [2.45, 2.75) is 32.1 Å². The molecule has 0 N–H and O–H groups in total. The normalized spacial score (nSPS) is 16.5. The third-order valence-corrected chi connectivity index (χ3v) is 3.52. The van der Waals surface area contributed by atoms with Crippen LogP contribution in [-0.2, 0) is 0 Å². The highest BCUT2D eigenvalue weighted by Gasteiger charge is 2.16. The topological polar surface area (TPSA) is 39.9 Å². The van der Waals surface area contributed by atoms with E-state index in [1.165, 1.54) is 32.1 Å². The molecule has 0 amide bonds. The molecular weight excluding hydrogens is 210 g/mol. The van der Waals surface area contributed by atoms with Gasteiger partial charge in [-0.15, -0.1) is 0 Å². The Morgan fingerprint density at radius 3 is 2.88 bits per heavy atom. The van der Waals surface area contributed by atoms with E-state index >= 15 is 0 Å². The first-order chi connectivity index (χ1) is 8.29. The van der Waals surface area contributed by atoms with Crippen LogP contribution in [0.2, 0.25) is 0 Å². The fraction of sp³-hybridized carbons (Fsp3) is 0.571. The minimum atomic E-state index is 0.686. The van der Waals surface area contributed by atoms with Gasteiger partial charge in [0.25, 0.3) is 0 Å². The van der Waals surface area contributed by atoms with Crippen molar-refractivity contribution in [3.63, 3.8) is 0 Å². The van der Waals surface area contributed by atoms with Gasteiger partial charge in [-0.2, -0.15) is 5.26 Å². The van der Waals surface area contributed by atoms with Crippen molar-refractivity contribution < 1.29 is 0 Å². The molecule has 3 heteroatoms. The molecule has 0 aromatic carbocycles. The fourth-order valence-corrected chi connectivity index (χ4v) is 2.55. The number of hydrogen-bond acceptors (Lipinski definition) is 3. The Balaban J connectivity index is 1.98. The van der Waals surface area contributed by atoms with Gasteiger partial charge in [0, 0.05) is 19.8 Å². The molecule has 0 unspecified atom stereocenters. The highest BCUT2D eigenvalue weighted by Crippen LogP contribution is 2.25. The Kier molecular flexibility index (Phi) is 3.98. The quantitative estimate of drug-likeness (QED) is 0.800. The minimum absolute atomic E-state index is 0.686. The van der Waals surface area contributed by atoms with Crippen LogP contribution >= 0.6 is 0 Å². The Bertz CT molecular complexity index is 402. The molecule has 1 fully saturated rings. The number of rotatable bonds is 3. The molecule has 1 heterocycles. The summed E-state index contributed by atoms with van der Waals surface area (Å²) in [5.74, 6) is 1.70. The molecule has 1 aliphatic rings. The summed E-state index contributed by atoms with van der Waals surface area (Å²) in [5.41, 5.74) is 0.686. The summed E-state index contributed by atoms with van der Waals surface area (Å²) in [6.45, 7) is 1.06. The molecule has 90 valence electrons. The van der Waals surface area contributed by atoms with E-state index in [1.54, 1.807) is 12.3 Å². The van der Waals surface area contributed by atoms with Crippen molar-refractivity contribution in [1.29, 1.82) is 5.26 Å². The second-order valence-electron chi connectivity index (χ2n) is 4.90. The molecule has 0 aliphatic heterocycles. The zero-order valence-corrected chi connectivity index (χ0v) is 10.4. The van der Waals surface area contributed by atoms with Crippen LogP contribution in [0.5, 0.6) is 0 Å². The Morgan fingerprint density at radius 1 is 1.41 bits per heavy atom. The van der Waals surface area contributed by atoms with Crippen LogP contribution in [0.25, 0.3) is 0 Å². The maximum atomic E-state index is 8.87. The van der Waals surface area contributed by atoms with Gasteiger partial charge >= 0.3 is 0 Å². The molecule has 17 heavy (non-hydrogen) atoms. The summed E-state index contributed by atoms with van der Waals surface area (Å²) in [4.78, 5) is 6.50. The van der Waals surface area contributed by atoms with Gasteiger partial charge in [-0.3, -0.25) is 0 Å². The zero-order valence-electron chi connectivity index (χ0n) is 10.4. The van der Waals surface area contributed by atoms with Crippen LogP contribution in [0.15, 0.2) is 18.3 Å². The lowest BCUT2D eigenvalue weighted by Crippen LogP contribution is -2.27. The maximum absolute atomic E-state index is 8.87. The number of pyridine rings is 1. The lowest BCUT2D eigenvalue weighted by molar-refractivity contribution is 0.361. The second kappa shape index (κ2) is 5.67. The molecule has 3 nitrogen and oxygen atoms in total. The van der Waals surface area contributed by atoms with E-state index in [4.69, 9.17) is 5.26 Å². The van der Waals surface area contributed by atoms with Crippen molar-refractivity contribution in [3.8, 4) is 6.07 Å². The van der Waals surface area contributed by atoms with Crippen molar-refractivity contribution in [2.24, 2.45) is 5.92 Å². The lowest BCUT2D eigenvalue weighted by atomic mass is 9.89. The standard InChI is InChI=1S/C14H19N3/c1-17(11-12-5-3-2-4-6-12)14-9-13(10-15)7-8-16-14/h7-9,12H,2-6,11H2,1H3. The predicted molar refractivity (Wildman–Crippen MR) is 68.8 cm³/mol. The first kappa shape index (κ1) is 11.9. The van der Waals surface area contributed by atoms with Crippen molar-refractivity contribution >= 4 is 5.82 Å². The molecule has 1 saturated carbocycles. The zero-order chi connectivity index (χ0) is 12.1. The summed E-state index contributed by atoms with van der Waals surface area (Å²) in [6.07, 6.45) is 8.51. The summed E-state index contributed by atoms with van der Waals surface area (Å²) in [7, 11) is 2.07. The minimum Gasteiger partial charge on any atom is -0.359 e. The molecule has 0 bridgehead atoms. The van der Waals surface area contributed by atoms with Gasteiger partial charge < -0.3 is 4.90 Å². The van der Waals surface area contributed by atoms with Crippen LogP contribution < -0.4 is 4.90 Å².